The first-order chi connectivity index (χ1) is 14.8. The Morgan fingerprint density at radius 2 is 1.60 bits per heavy atom. The van der Waals surface area contributed by atoms with Crippen molar-refractivity contribution in [2.24, 2.45) is 0 Å². The number of nitrogens with one attached hydrogen (secondary N) is 1. The van der Waals surface area contributed by atoms with E-state index in [-0.39, 0.29) is 24.8 Å². The molecule has 6 heteroatoms. The van der Waals surface area contributed by atoms with Gasteiger partial charge in [0.2, 0.25) is 6.79 Å². The number of piperidine rings is 1. The zero-order chi connectivity index (χ0) is 20.1. The summed E-state index contributed by atoms with van der Waals surface area (Å²) < 4.78 is 10.8. The van der Waals surface area contributed by atoms with Crippen LogP contribution in [0.5, 0.6) is 11.5 Å². The molecule has 0 radical (unpaired) electrons. The molecule has 3 atom stereocenters. The highest BCUT2D eigenvalue weighted by atomic mass is 16.7. The minimum absolute atomic E-state index is 0.0521. The summed E-state index contributed by atoms with van der Waals surface area (Å²) in [5.74, 6) is 1.84. The second-order valence-corrected chi connectivity index (χ2v) is 8.04. The second-order valence-electron chi connectivity index (χ2n) is 8.04. The summed E-state index contributed by atoms with van der Waals surface area (Å²) in [4.78, 5) is 19.0. The van der Waals surface area contributed by atoms with E-state index in [9.17, 15) is 4.79 Å². The lowest BCUT2D eigenvalue weighted by molar-refractivity contribution is 0.0367. The lowest BCUT2D eigenvalue weighted by Crippen LogP contribution is -2.72. The van der Waals surface area contributed by atoms with Crippen molar-refractivity contribution in [2.75, 3.05) is 19.9 Å². The van der Waals surface area contributed by atoms with Crippen LogP contribution < -0.4 is 14.8 Å². The van der Waals surface area contributed by atoms with Crippen molar-refractivity contribution in [3.63, 3.8) is 0 Å². The molecule has 7 rings (SSSR count). The third-order valence-electron chi connectivity index (χ3n) is 6.35. The number of benzene rings is 2. The zero-order valence-electron chi connectivity index (χ0n) is 16.3. The molecule has 0 spiro atoms. The summed E-state index contributed by atoms with van der Waals surface area (Å²) in [6.07, 6.45) is 3.63. The van der Waals surface area contributed by atoms with Gasteiger partial charge in [0.25, 0.3) is 5.91 Å². The quantitative estimate of drug-likeness (QED) is 0.733. The van der Waals surface area contributed by atoms with Gasteiger partial charge in [0.1, 0.15) is 0 Å². The molecule has 150 valence electrons. The highest BCUT2D eigenvalue weighted by Crippen LogP contribution is 2.38. The van der Waals surface area contributed by atoms with Gasteiger partial charge in [-0.15, -0.1) is 0 Å². The average Bonchev–Trinajstić information content (AvgIpc) is 3.28. The number of amides is 1. The van der Waals surface area contributed by atoms with Gasteiger partial charge in [-0.3, -0.25) is 9.78 Å². The van der Waals surface area contributed by atoms with E-state index in [1.807, 2.05) is 41.6 Å². The Labute approximate surface area is 174 Å². The maximum Gasteiger partial charge on any atom is 0.254 e. The molecule has 4 aliphatic rings. The van der Waals surface area contributed by atoms with E-state index in [4.69, 9.17) is 9.47 Å². The van der Waals surface area contributed by atoms with Gasteiger partial charge >= 0.3 is 0 Å². The van der Waals surface area contributed by atoms with Gasteiger partial charge in [-0.25, -0.2) is 0 Å². The smallest absolute Gasteiger partial charge is 0.254 e. The summed E-state index contributed by atoms with van der Waals surface area (Å²) in [6, 6.07) is 18.8. The molecule has 2 aromatic carbocycles. The monoisotopic (exact) mass is 399 g/mol. The molecule has 30 heavy (non-hydrogen) atoms. The predicted molar refractivity (Wildman–Crippen MR) is 112 cm³/mol. The van der Waals surface area contributed by atoms with Crippen LogP contribution in [0.4, 0.5) is 0 Å². The van der Waals surface area contributed by atoms with Crippen LogP contribution in [-0.4, -0.2) is 47.8 Å². The van der Waals surface area contributed by atoms with Crippen molar-refractivity contribution >= 4 is 5.91 Å². The third kappa shape index (κ3) is 2.83. The predicted octanol–water partition coefficient (Wildman–Crippen LogP) is 3.06. The summed E-state index contributed by atoms with van der Waals surface area (Å²) >= 11 is 0. The van der Waals surface area contributed by atoms with Crippen LogP contribution >= 0.6 is 0 Å². The molecule has 3 fully saturated rings. The second kappa shape index (κ2) is 6.85. The van der Waals surface area contributed by atoms with E-state index >= 15 is 0 Å². The number of carbonyl (C=O) groups is 1. The normalized spacial score (nSPS) is 23.7. The van der Waals surface area contributed by atoms with Crippen molar-refractivity contribution in [1.29, 1.82) is 0 Å². The fourth-order valence-electron chi connectivity index (χ4n) is 4.81. The van der Waals surface area contributed by atoms with Crippen molar-refractivity contribution in [3.05, 3.63) is 78.1 Å². The van der Waals surface area contributed by atoms with E-state index < -0.39 is 0 Å². The van der Waals surface area contributed by atoms with Gasteiger partial charge in [-0.05, 0) is 47.0 Å². The van der Waals surface area contributed by atoms with Crippen molar-refractivity contribution in [2.45, 2.75) is 18.0 Å². The number of ether oxygens (including phenoxy) is 2. The lowest BCUT2D eigenvalue weighted by atomic mass is 9.74. The van der Waals surface area contributed by atoms with Crippen LogP contribution in [0.25, 0.3) is 11.1 Å². The first-order valence-corrected chi connectivity index (χ1v) is 10.2. The summed E-state index contributed by atoms with van der Waals surface area (Å²) in [6.45, 7) is 1.63. The van der Waals surface area contributed by atoms with Crippen LogP contribution in [0.1, 0.15) is 21.8 Å². The Bertz CT molecular complexity index is 1090. The van der Waals surface area contributed by atoms with E-state index in [1.54, 1.807) is 6.07 Å². The van der Waals surface area contributed by atoms with Crippen LogP contribution in [0.3, 0.4) is 0 Å². The van der Waals surface area contributed by atoms with Gasteiger partial charge in [0.15, 0.2) is 11.5 Å². The number of piperazine rings is 1. The summed E-state index contributed by atoms with van der Waals surface area (Å²) in [7, 11) is 0. The maximum absolute atomic E-state index is 13.0. The van der Waals surface area contributed by atoms with E-state index in [0.717, 1.165) is 0 Å². The number of carbonyl (C=O) groups excluding carboxylic acids is 1. The SMILES string of the molecule is O=C(c1ccc2c(c1)OCO2)N1C[C@@H]2N[C@H](C1)C2c1ccc(-c2ccncc2)cc1. The average molecular weight is 399 g/mol. The van der Waals surface area contributed by atoms with Crippen molar-refractivity contribution in [1.82, 2.24) is 15.2 Å². The number of fused-ring (bicyclic) bond motifs is 3. The van der Waals surface area contributed by atoms with Crippen molar-refractivity contribution in [3.8, 4) is 22.6 Å². The topological polar surface area (TPSA) is 63.7 Å². The number of hydrogen-bond donors (Lipinski definition) is 1. The highest BCUT2D eigenvalue weighted by molar-refractivity contribution is 5.95. The van der Waals surface area contributed by atoms with Gasteiger partial charge in [-0.1, -0.05) is 24.3 Å². The largest absolute Gasteiger partial charge is 0.454 e. The minimum atomic E-state index is 0.0521. The number of pyridine rings is 1. The molecule has 2 bridgehead atoms. The molecule has 1 aromatic heterocycles. The lowest BCUT2D eigenvalue weighted by Gasteiger charge is -2.54. The number of aromatic nitrogens is 1. The Morgan fingerprint density at radius 1 is 0.900 bits per heavy atom. The van der Waals surface area contributed by atoms with Crippen LogP contribution in [0, 0.1) is 0 Å². The Balaban J connectivity index is 1.16. The zero-order valence-corrected chi connectivity index (χ0v) is 16.3. The van der Waals surface area contributed by atoms with E-state index in [2.05, 4.69) is 34.6 Å². The molecule has 4 aliphatic heterocycles. The standard InChI is InChI=1S/C24H21N3O3/c28-24(18-5-6-21-22(11-18)30-14-29-21)27-12-19-23(20(13-27)26-19)17-3-1-15(2-4-17)16-7-9-25-10-8-16/h1-11,19-20,23,26H,12-14H2/t19-,20+,23?. The molecule has 3 aromatic rings. The molecule has 3 saturated heterocycles. The Hall–Kier alpha value is -3.38. The van der Waals surface area contributed by atoms with Crippen molar-refractivity contribution < 1.29 is 14.3 Å². The molecule has 1 amide bonds. The first kappa shape index (κ1) is 17.5. The highest BCUT2D eigenvalue weighted by Gasteiger charge is 2.48. The number of rotatable bonds is 3. The van der Waals surface area contributed by atoms with Gasteiger partial charge in [0, 0.05) is 49.0 Å². The molecule has 6 nitrogen and oxygen atoms in total. The van der Waals surface area contributed by atoms with Gasteiger partial charge in [0.05, 0.1) is 0 Å². The summed E-state index contributed by atoms with van der Waals surface area (Å²) in [5, 5.41) is 3.61. The molecule has 0 saturated carbocycles. The van der Waals surface area contributed by atoms with Gasteiger partial charge in [-0.2, -0.15) is 0 Å². The third-order valence-corrected chi connectivity index (χ3v) is 6.35. The summed E-state index contributed by atoms with van der Waals surface area (Å²) in [5.41, 5.74) is 4.35. The van der Waals surface area contributed by atoms with Crippen LogP contribution in [-0.2, 0) is 0 Å². The van der Waals surface area contributed by atoms with Crippen LogP contribution in [0.15, 0.2) is 67.0 Å². The fraction of sp³-hybridized carbons (Fsp3) is 0.250. The molecular formula is C24H21N3O3. The fourth-order valence-corrected chi connectivity index (χ4v) is 4.81. The molecule has 5 heterocycles. The molecule has 0 aliphatic carbocycles. The molecular weight excluding hydrogens is 378 g/mol. The number of nitrogens with zero attached hydrogens (tertiary/aromatic N) is 2. The maximum atomic E-state index is 13.0. The minimum Gasteiger partial charge on any atom is -0.454 e. The Kier molecular flexibility index (Phi) is 3.99. The van der Waals surface area contributed by atoms with Crippen LogP contribution in [0.2, 0.25) is 0 Å². The van der Waals surface area contributed by atoms with E-state index in [0.29, 0.717) is 36.1 Å². The molecule has 1 N–H and O–H groups in total. The van der Waals surface area contributed by atoms with E-state index in [1.165, 1.54) is 16.7 Å². The Morgan fingerprint density at radius 3 is 2.37 bits per heavy atom. The number of hydrogen-bond acceptors (Lipinski definition) is 5. The molecule has 1 unspecified atom stereocenters. The first-order valence-electron chi connectivity index (χ1n) is 10.2. The van der Waals surface area contributed by atoms with Gasteiger partial charge < -0.3 is 19.7 Å².